The molecule has 28 heavy (non-hydrogen) atoms. The molecule has 0 spiro atoms. The topological polar surface area (TPSA) is 61.0 Å². The highest BCUT2D eigenvalue weighted by molar-refractivity contribution is 6.33. The number of amides is 1. The Labute approximate surface area is 167 Å². The summed E-state index contributed by atoms with van der Waals surface area (Å²) in [4.78, 5) is 14.6. The Morgan fingerprint density at radius 2 is 1.86 bits per heavy atom. The zero-order valence-corrected chi connectivity index (χ0v) is 15.9. The van der Waals surface area contributed by atoms with E-state index >= 15 is 0 Å². The highest BCUT2D eigenvalue weighted by atomic mass is 35.5. The van der Waals surface area contributed by atoms with Crippen molar-refractivity contribution in [2.24, 2.45) is 0 Å². The lowest BCUT2D eigenvalue weighted by atomic mass is 10.0. The molecular formula is C21H20ClFN4O. The van der Waals surface area contributed by atoms with E-state index in [9.17, 15) is 9.18 Å². The average Bonchev–Trinajstić information content (AvgIpc) is 3.19. The van der Waals surface area contributed by atoms with Crippen molar-refractivity contribution in [2.45, 2.75) is 18.9 Å². The number of nitrogens with one attached hydrogen (secondary N) is 2. The molecule has 1 aliphatic rings. The quantitative estimate of drug-likeness (QED) is 0.690. The third kappa shape index (κ3) is 4.02. The van der Waals surface area contributed by atoms with Crippen LogP contribution in [-0.2, 0) is 0 Å². The van der Waals surface area contributed by atoms with Gasteiger partial charge in [-0.25, -0.2) is 4.39 Å². The maximum atomic E-state index is 13.1. The SMILES string of the molecule is O=C(NC1CCN(c2cc(-c3ccc(F)cc3)[nH]n2)CC1)c1ccccc1Cl. The number of piperidine rings is 1. The predicted molar refractivity (Wildman–Crippen MR) is 108 cm³/mol. The molecule has 0 radical (unpaired) electrons. The van der Waals surface area contributed by atoms with Crippen LogP contribution in [0.2, 0.25) is 5.02 Å². The van der Waals surface area contributed by atoms with Crippen LogP contribution in [0.1, 0.15) is 23.2 Å². The molecule has 3 aromatic rings. The molecule has 2 N–H and O–H groups in total. The van der Waals surface area contributed by atoms with Crippen LogP contribution < -0.4 is 10.2 Å². The number of hydrogen-bond donors (Lipinski definition) is 2. The molecule has 1 amide bonds. The Bertz CT molecular complexity index is 965. The fourth-order valence-corrected chi connectivity index (χ4v) is 3.63. The lowest BCUT2D eigenvalue weighted by Gasteiger charge is -2.32. The Morgan fingerprint density at radius 3 is 2.57 bits per heavy atom. The molecule has 0 bridgehead atoms. The van der Waals surface area contributed by atoms with Crippen molar-refractivity contribution in [2.75, 3.05) is 18.0 Å². The summed E-state index contributed by atoms with van der Waals surface area (Å²) in [7, 11) is 0. The first kappa shape index (κ1) is 18.5. The zero-order chi connectivity index (χ0) is 19.5. The predicted octanol–water partition coefficient (Wildman–Crippen LogP) is 4.27. The number of nitrogens with zero attached hydrogens (tertiary/aromatic N) is 2. The largest absolute Gasteiger partial charge is 0.355 e. The summed E-state index contributed by atoms with van der Waals surface area (Å²) in [6, 6.07) is 15.5. The van der Waals surface area contributed by atoms with E-state index in [1.165, 1.54) is 12.1 Å². The monoisotopic (exact) mass is 398 g/mol. The molecule has 1 aromatic heterocycles. The van der Waals surface area contributed by atoms with E-state index < -0.39 is 0 Å². The maximum Gasteiger partial charge on any atom is 0.253 e. The molecule has 1 fully saturated rings. The standard InChI is InChI=1S/C21H20ClFN4O/c22-18-4-2-1-3-17(18)21(28)24-16-9-11-27(12-10-16)20-13-19(25-26-20)14-5-7-15(23)8-6-14/h1-8,13,16H,9-12H2,(H,24,28)(H,25,26). The van der Waals surface area contributed by atoms with Gasteiger partial charge in [0.15, 0.2) is 5.82 Å². The number of aromatic nitrogens is 2. The molecule has 1 saturated heterocycles. The molecule has 4 rings (SSSR count). The molecule has 0 aliphatic carbocycles. The van der Waals surface area contributed by atoms with E-state index in [4.69, 9.17) is 11.6 Å². The van der Waals surface area contributed by atoms with Crippen LogP contribution in [0.15, 0.2) is 54.6 Å². The second-order valence-electron chi connectivity index (χ2n) is 6.86. The van der Waals surface area contributed by atoms with Crippen LogP contribution in [0.25, 0.3) is 11.3 Å². The molecule has 0 unspecified atom stereocenters. The summed E-state index contributed by atoms with van der Waals surface area (Å²) in [5.74, 6) is 0.460. The van der Waals surface area contributed by atoms with Crippen LogP contribution in [0.3, 0.4) is 0 Å². The molecule has 7 heteroatoms. The lowest BCUT2D eigenvalue weighted by molar-refractivity contribution is 0.0931. The first-order chi connectivity index (χ1) is 13.6. The van der Waals surface area contributed by atoms with Crippen LogP contribution in [-0.4, -0.2) is 35.2 Å². The highest BCUT2D eigenvalue weighted by Gasteiger charge is 2.23. The second-order valence-corrected chi connectivity index (χ2v) is 7.27. The van der Waals surface area contributed by atoms with E-state index in [1.54, 1.807) is 30.3 Å². The number of H-pyrrole nitrogens is 1. The van der Waals surface area contributed by atoms with Gasteiger partial charge in [-0.15, -0.1) is 0 Å². The number of hydrogen-bond acceptors (Lipinski definition) is 3. The average molecular weight is 399 g/mol. The molecule has 1 aliphatic heterocycles. The molecule has 2 heterocycles. The Morgan fingerprint density at radius 1 is 1.14 bits per heavy atom. The fraction of sp³-hybridized carbons (Fsp3) is 0.238. The summed E-state index contributed by atoms with van der Waals surface area (Å²) < 4.78 is 13.1. The Hall–Kier alpha value is -2.86. The normalized spacial score (nSPS) is 14.9. The maximum absolute atomic E-state index is 13.1. The van der Waals surface area contributed by atoms with Crippen LogP contribution in [0.4, 0.5) is 10.2 Å². The summed E-state index contributed by atoms with van der Waals surface area (Å²) in [6.45, 7) is 1.59. The van der Waals surface area contributed by atoms with Gasteiger partial charge >= 0.3 is 0 Å². The lowest BCUT2D eigenvalue weighted by Crippen LogP contribution is -2.44. The minimum Gasteiger partial charge on any atom is -0.355 e. The fourth-order valence-electron chi connectivity index (χ4n) is 3.41. The number of benzene rings is 2. The number of aromatic amines is 1. The minimum atomic E-state index is -0.260. The third-order valence-electron chi connectivity index (χ3n) is 4.99. The Kier molecular flexibility index (Phi) is 5.30. The van der Waals surface area contributed by atoms with Gasteiger partial charge in [-0.2, -0.15) is 5.10 Å². The van der Waals surface area contributed by atoms with Gasteiger partial charge in [0.05, 0.1) is 16.3 Å². The van der Waals surface area contributed by atoms with E-state index in [0.29, 0.717) is 10.6 Å². The summed E-state index contributed by atoms with van der Waals surface area (Å²) in [6.07, 6.45) is 1.66. The molecule has 2 aromatic carbocycles. The first-order valence-electron chi connectivity index (χ1n) is 9.22. The van der Waals surface area contributed by atoms with Gasteiger partial charge in [0.1, 0.15) is 5.82 Å². The van der Waals surface area contributed by atoms with Crippen LogP contribution in [0.5, 0.6) is 0 Å². The van der Waals surface area contributed by atoms with Crippen LogP contribution >= 0.6 is 11.6 Å². The van der Waals surface area contributed by atoms with Crippen molar-refractivity contribution in [3.05, 3.63) is 71.0 Å². The van der Waals surface area contributed by atoms with Gasteiger partial charge in [-0.1, -0.05) is 23.7 Å². The van der Waals surface area contributed by atoms with Crippen molar-refractivity contribution in [3.63, 3.8) is 0 Å². The number of carbonyl (C=O) groups is 1. The molecule has 0 atom stereocenters. The van der Waals surface area contributed by atoms with Crippen molar-refractivity contribution in [1.29, 1.82) is 0 Å². The summed E-state index contributed by atoms with van der Waals surface area (Å²) in [5, 5.41) is 10.9. The molecule has 5 nitrogen and oxygen atoms in total. The molecule has 0 saturated carbocycles. The molecule has 144 valence electrons. The number of rotatable bonds is 4. The van der Waals surface area contributed by atoms with Gasteiger partial charge in [0.25, 0.3) is 5.91 Å². The van der Waals surface area contributed by atoms with Gasteiger partial charge in [0, 0.05) is 25.2 Å². The number of carbonyl (C=O) groups excluding carboxylic acids is 1. The van der Waals surface area contributed by atoms with Gasteiger partial charge in [-0.05, 0) is 54.8 Å². The van der Waals surface area contributed by atoms with Crippen molar-refractivity contribution in [1.82, 2.24) is 15.5 Å². The minimum absolute atomic E-state index is 0.107. The third-order valence-corrected chi connectivity index (χ3v) is 5.32. The molecular weight excluding hydrogens is 379 g/mol. The zero-order valence-electron chi connectivity index (χ0n) is 15.2. The smallest absolute Gasteiger partial charge is 0.253 e. The van der Waals surface area contributed by atoms with E-state index in [-0.39, 0.29) is 17.8 Å². The highest BCUT2D eigenvalue weighted by Crippen LogP contribution is 2.24. The summed E-state index contributed by atoms with van der Waals surface area (Å²) >= 11 is 6.10. The van der Waals surface area contributed by atoms with Gasteiger partial charge < -0.3 is 10.2 Å². The second kappa shape index (κ2) is 8.02. The number of halogens is 2. The van der Waals surface area contributed by atoms with Crippen molar-refractivity contribution < 1.29 is 9.18 Å². The van der Waals surface area contributed by atoms with Crippen LogP contribution in [0, 0.1) is 5.82 Å². The number of anilines is 1. The Balaban J connectivity index is 1.35. The summed E-state index contributed by atoms with van der Waals surface area (Å²) in [5.41, 5.74) is 2.24. The first-order valence-corrected chi connectivity index (χ1v) is 9.59. The van der Waals surface area contributed by atoms with E-state index in [0.717, 1.165) is 43.0 Å². The van der Waals surface area contributed by atoms with E-state index in [2.05, 4.69) is 20.4 Å². The van der Waals surface area contributed by atoms with Crippen molar-refractivity contribution >= 4 is 23.3 Å². The van der Waals surface area contributed by atoms with Gasteiger partial charge in [-0.3, -0.25) is 9.89 Å². The van der Waals surface area contributed by atoms with E-state index in [1.807, 2.05) is 12.1 Å². The van der Waals surface area contributed by atoms with Gasteiger partial charge in [0.2, 0.25) is 0 Å². The van der Waals surface area contributed by atoms with Crippen molar-refractivity contribution in [3.8, 4) is 11.3 Å².